The van der Waals surface area contributed by atoms with E-state index in [0.29, 0.717) is 6.61 Å². The topological polar surface area (TPSA) is 72.4 Å². The minimum Gasteiger partial charge on any atom is -0.490 e. The van der Waals surface area contributed by atoms with Crippen molar-refractivity contribution in [2.45, 2.75) is 13.8 Å². The van der Waals surface area contributed by atoms with Crippen molar-refractivity contribution >= 4 is 18.0 Å². The van der Waals surface area contributed by atoms with Crippen LogP contribution in [0.15, 0.2) is 48.7 Å². The summed E-state index contributed by atoms with van der Waals surface area (Å²) < 4.78 is 7.58. The lowest BCUT2D eigenvalue weighted by Gasteiger charge is -2.11. The highest BCUT2D eigenvalue weighted by molar-refractivity contribution is 6.14. The highest BCUT2D eigenvalue weighted by Gasteiger charge is 2.23. The van der Waals surface area contributed by atoms with E-state index < -0.39 is 11.9 Å². The molecular formula is C19H19N3O3. The fraction of sp³-hybridized carbons (Fsp3) is 0.158. The number of benzene rings is 1. The molecule has 1 saturated heterocycles. The Bertz CT molecular complexity index is 876. The van der Waals surface area contributed by atoms with Gasteiger partial charge in [0.1, 0.15) is 18.1 Å². The maximum Gasteiger partial charge on any atom is 0.326 e. The van der Waals surface area contributed by atoms with Crippen LogP contribution in [0.3, 0.4) is 0 Å². The van der Waals surface area contributed by atoms with E-state index in [4.69, 9.17) is 4.74 Å². The summed E-state index contributed by atoms with van der Waals surface area (Å²) in [4.78, 5) is 22.9. The molecule has 0 saturated carbocycles. The molecule has 128 valence electrons. The molecule has 2 aromatic rings. The molecule has 0 bridgehead atoms. The summed E-state index contributed by atoms with van der Waals surface area (Å²) in [5, 5.41) is 4.70. The van der Waals surface area contributed by atoms with Crippen molar-refractivity contribution in [1.29, 1.82) is 0 Å². The number of nitrogens with one attached hydrogen (secondary N) is 2. The predicted octanol–water partition coefficient (Wildman–Crippen LogP) is 2.84. The van der Waals surface area contributed by atoms with Crippen molar-refractivity contribution < 1.29 is 14.3 Å². The van der Waals surface area contributed by atoms with Gasteiger partial charge >= 0.3 is 6.03 Å². The first kappa shape index (κ1) is 16.6. The van der Waals surface area contributed by atoms with Crippen molar-refractivity contribution in [2.24, 2.45) is 0 Å². The summed E-state index contributed by atoms with van der Waals surface area (Å²) in [6.45, 7) is 8.05. The van der Waals surface area contributed by atoms with Gasteiger partial charge in [-0.2, -0.15) is 0 Å². The second kappa shape index (κ2) is 6.68. The highest BCUT2D eigenvalue weighted by atomic mass is 16.5. The summed E-state index contributed by atoms with van der Waals surface area (Å²) in [5.41, 5.74) is 4.10. The van der Waals surface area contributed by atoms with Crippen molar-refractivity contribution in [3.05, 3.63) is 65.6 Å². The van der Waals surface area contributed by atoms with Crippen molar-refractivity contribution in [3.63, 3.8) is 0 Å². The van der Waals surface area contributed by atoms with E-state index in [2.05, 4.69) is 21.8 Å². The van der Waals surface area contributed by atoms with E-state index >= 15 is 0 Å². The van der Waals surface area contributed by atoms with Crippen molar-refractivity contribution in [1.82, 2.24) is 15.2 Å². The third-order valence-electron chi connectivity index (χ3n) is 3.95. The lowest BCUT2D eigenvalue weighted by molar-refractivity contribution is -0.115. The molecule has 1 aromatic heterocycles. The Hall–Kier alpha value is -3.28. The Kier molecular flexibility index (Phi) is 4.43. The Morgan fingerprint density at radius 3 is 2.48 bits per heavy atom. The number of hydrogen-bond donors (Lipinski definition) is 2. The van der Waals surface area contributed by atoms with Gasteiger partial charge in [0.2, 0.25) is 0 Å². The second-order valence-electron chi connectivity index (χ2n) is 5.72. The molecule has 2 heterocycles. The van der Waals surface area contributed by atoms with Crippen molar-refractivity contribution in [3.8, 4) is 11.4 Å². The molecule has 0 radical (unpaired) electrons. The number of aryl methyl sites for hydroxylation is 1. The lowest BCUT2D eigenvalue weighted by atomic mass is 10.2. The van der Waals surface area contributed by atoms with Gasteiger partial charge in [-0.15, -0.1) is 0 Å². The number of amides is 3. The molecular weight excluding hydrogens is 318 g/mol. The zero-order valence-electron chi connectivity index (χ0n) is 14.1. The molecule has 25 heavy (non-hydrogen) atoms. The van der Waals surface area contributed by atoms with E-state index in [-0.39, 0.29) is 5.70 Å². The molecule has 6 nitrogen and oxygen atoms in total. The SMILES string of the molecule is C=CCOc1ccc(-n2c(C)cc(/C=C3/NC(=O)NC3=O)c2C)cc1. The van der Waals surface area contributed by atoms with Crippen LogP contribution in [0.2, 0.25) is 0 Å². The first-order valence-corrected chi connectivity index (χ1v) is 7.86. The van der Waals surface area contributed by atoms with Crippen LogP contribution in [0, 0.1) is 13.8 Å². The maximum absolute atomic E-state index is 11.7. The summed E-state index contributed by atoms with van der Waals surface area (Å²) >= 11 is 0. The molecule has 1 aliphatic rings. The van der Waals surface area contributed by atoms with Gasteiger partial charge in [0.15, 0.2) is 0 Å². The average Bonchev–Trinajstić information content (AvgIpc) is 3.04. The van der Waals surface area contributed by atoms with Gasteiger partial charge in [-0.1, -0.05) is 12.7 Å². The van der Waals surface area contributed by atoms with Crippen LogP contribution in [0.25, 0.3) is 11.8 Å². The number of carbonyl (C=O) groups excluding carboxylic acids is 2. The van der Waals surface area contributed by atoms with Crippen LogP contribution in [-0.2, 0) is 4.79 Å². The Morgan fingerprint density at radius 1 is 1.16 bits per heavy atom. The zero-order chi connectivity index (χ0) is 18.0. The zero-order valence-corrected chi connectivity index (χ0v) is 14.1. The van der Waals surface area contributed by atoms with Crippen LogP contribution in [0.4, 0.5) is 4.79 Å². The van der Waals surface area contributed by atoms with Crippen LogP contribution < -0.4 is 15.4 Å². The molecule has 0 spiro atoms. The minimum atomic E-state index is -0.500. The molecule has 6 heteroatoms. The monoisotopic (exact) mass is 337 g/mol. The molecule has 0 atom stereocenters. The number of aromatic nitrogens is 1. The summed E-state index contributed by atoms with van der Waals surface area (Å²) in [6.07, 6.45) is 3.38. The number of rotatable bonds is 5. The third kappa shape index (κ3) is 3.33. The second-order valence-corrected chi connectivity index (χ2v) is 5.72. The van der Waals surface area contributed by atoms with Gasteiger partial charge in [-0.05, 0) is 55.8 Å². The molecule has 1 aromatic carbocycles. The van der Waals surface area contributed by atoms with Gasteiger partial charge in [0, 0.05) is 17.1 Å². The van der Waals surface area contributed by atoms with E-state index in [1.165, 1.54) is 0 Å². The quantitative estimate of drug-likeness (QED) is 0.501. The smallest absolute Gasteiger partial charge is 0.326 e. The number of hydrogen-bond acceptors (Lipinski definition) is 3. The molecule has 3 amide bonds. The van der Waals surface area contributed by atoms with Gasteiger partial charge < -0.3 is 14.6 Å². The number of ether oxygens (including phenoxy) is 1. The molecule has 1 fully saturated rings. The summed E-state index contributed by atoms with van der Waals surface area (Å²) in [5.74, 6) is 0.359. The van der Waals surface area contributed by atoms with E-state index in [1.807, 2.05) is 44.2 Å². The number of carbonyl (C=O) groups is 2. The first-order chi connectivity index (χ1) is 12.0. The van der Waals surface area contributed by atoms with Gasteiger partial charge in [-0.3, -0.25) is 10.1 Å². The van der Waals surface area contributed by atoms with E-state index in [9.17, 15) is 9.59 Å². The third-order valence-corrected chi connectivity index (χ3v) is 3.95. The first-order valence-electron chi connectivity index (χ1n) is 7.86. The summed E-state index contributed by atoms with van der Waals surface area (Å²) in [6, 6.07) is 9.22. The average molecular weight is 337 g/mol. The highest BCUT2D eigenvalue weighted by Crippen LogP contribution is 2.24. The van der Waals surface area contributed by atoms with Crippen LogP contribution in [0.1, 0.15) is 17.0 Å². The molecule has 0 aliphatic carbocycles. The number of nitrogens with zero attached hydrogens (tertiary/aromatic N) is 1. The van der Waals surface area contributed by atoms with Crippen molar-refractivity contribution in [2.75, 3.05) is 6.61 Å². The Labute approximate surface area is 145 Å². The van der Waals surface area contributed by atoms with Crippen LogP contribution in [-0.4, -0.2) is 23.1 Å². The lowest BCUT2D eigenvalue weighted by Crippen LogP contribution is -2.22. The Balaban J connectivity index is 1.92. The Morgan fingerprint density at radius 2 is 1.88 bits per heavy atom. The molecule has 3 rings (SSSR count). The molecule has 1 aliphatic heterocycles. The fourth-order valence-electron chi connectivity index (χ4n) is 2.82. The molecule has 2 N–H and O–H groups in total. The fourth-order valence-corrected chi connectivity index (χ4v) is 2.82. The summed E-state index contributed by atoms with van der Waals surface area (Å²) in [7, 11) is 0. The normalized spacial score (nSPS) is 15.2. The maximum atomic E-state index is 11.7. The van der Waals surface area contributed by atoms with Crippen LogP contribution >= 0.6 is 0 Å². The molecule has 0 unspecified atom stereocenters. The van der Waals surface area contributed by atoms with Gasteiger partial charge in [0.25, 0.3) is 5.91 Å². The minimum absolute atomic E-state index is 0.249. The number of urea groups is 1. The van der Waals surface area contributed by atoms with Crippen LogP contribution in [0.5, 0.6) is 5.75 Å². The van der Waals surface area contributed by atoms with Gasteiger partial charge in [0.05, 0.1) is 0 Å². The number of imide groups is 1. The van der Waals surface area contributed by atoms with E-state index in [0.717, 1.165) is 28.4 Å². The van der Waals surface area contributed by atoms with Gasteiger partial charge in [-0.25, -0.2) is 4.79 Å². The van der Waals surface area contributed by atoms with E-state index in [1.54, 1.807) is 12.2 Å². The standard InChI is InChI=1S/C19H19N3O3/c1-4-9-25-16-7-5-15(6-8-16)22-12(2)10-14(13(22)3)11-17-18(23)21-19(24)20-17/h4-8,10-11H,1,9H2,2-3H3,(H2,20,21,23,24)/b17-11+. The largest absolute Gasteiger partial charge is 0.490 e. The predicted molar refractivity (Wildman–Crippen MR) is 95.6 cm³/mol.